The lowest BCUT2D eigenvalue weighted by atomic mass is 10.2. The maximum Gasteiger partial charge on any atom is 0.255 e. The lowest BCUT2D eigenvalue weighted by Crippen LogP contribution is -2.11. The Morgan fingerprint density at radius 2 is 1.79 bits per heavy atom. The Balaban J connectivity index is 1.43. The summed E-state index contributed by atoms with van der Waals surface area (Å²) >= 11 is 1.56. The summed E-state index contributed by atoms with van der Waals surface area (Å²) in [4.78, 5) is 13.3. The Morgan fingerprint density at radius 3 is 2.59 bits per heavy atom. The molecule has 1 amide bonds. The Morgan fingerprint density at radius 1 is 1.00 bits per heavy atom. The van der Waals surface area contributed by atoms with E-state index in [0.29, 0.717) is 17.0 Å². The number of benzene rings is 3. The molecule has 3 aromatic carbocycles. The Kier molecular flexibility index (Phi) is 5.62. The predicted molar refractivity (Wildman–Crippen MR) is 110 cm³/mol. The fourth-order valence-corrected chi connectivity index (χ4v) is 3.54. The highest BCUT2D eigenvalue weighted by Crippen LogP contribution is 2.25. The number of para-hydroxylation sites is 1. The quantitative estimate of drug-likeness (QED) is 0.483. The van der Waals surface area contributed by atoms with Gasteiger partial charge in [-0.2, -0.15) is 4.68 Å². The van der Waals surface area contributed by atoms with Gasteiger partial charge in [-0.15, -0.1) is 16.9 Å². The molecular weight excluding hydrogens is 389 g/mol. The van der Waals surface area contributed by atoms with Crippen LogP contribution in [0, 0.1) is 5.82 Å². The van der Waals surface area contributed by atoms with Crippen molar-refractivity contribution < 1.29 is 9.18 Å². The molecule has 0 unspecified atom stereocenters. The molecule has 6 nitrogen and oxygen atoms in total. The molecule has 1 N–H and O–H groups in total. The van der Waals surface area contributed by atoms with Gasteiger partial charge in [-0.1, -0.05) is 24.3 Å². The van der Waals surface area contributed by atoms with Crippen LogP contribution < -0.4 is 5.32 Å². The van der Waals surface area contributed by atoms with Gasteiger partial charge in [-0.25, -0.2) is 4.39 Å². The normalized spacial score (nSPS) is 10.7. The average molecular weight is 405 g/mol. The maximum atomic E-state index is 13.0. The van der Waals surface area contributed by atoms with E-state index in [4.69, 9.17) is 0 Å². The molecule has 0 aliphatic carbocycles. The summed E-state index contributed by atoms with van der Waals surface area (Å²) in [6, 6.07) is 22.6. The number of amides is 1. The molecule has 0 bridgehead atoms. The lowest BCUT2D eigenvalue weighted by molar-refractivity contribution is 0.102. The van der Waals surface area contributed by atoms with E-state index in [1.807, 2.05) is 48.5 Å². The molecule has 4 rings (SSSR count). The van der Waals surface area contributed by atoms with Crippen molar-refractivity contribution in [3.8, 4) is 5.69 Å². The zero-order chi connectivity index (χ0) is 20.1. The van der Waals surface area contributed by atoms with Crippen LogP contribution in [0.1, 0.15) is 16.2 Å². The third-order valence-electron chi connectivity index (χ3n) is 4.10. The minimum atomic E-state index is -0.377. The zero-order valence-electron chi connectivity index (χ0n) is 15.2. The second-order valence-electron chi connectivity index (χ2n) is 6.12. The van der Waals surface area contributed by atoms with Gasteiger partial charge in [0.1, 0.15) is 5.82 Å². The molecule has 0 atom stereocenters. The van der Waals surface area contributed by atoms with Gasteiger partial charge in [0.2, 0.25) is 0 Å². The molecule has 0 spiro atoms. The zero-order valence-corrected chi connectivity index (χ0v) is 16.0. The first kappa shape index (κ1) is 18.8. The average Bonchev–Trinajstić information content (AvgIpc) is 3.22. The van der Waals surface area contributed by atoms with Crippen LogP contribution in [0.3, 0.4) is 0 Å². The second kappa shape index (κ2) is 8.66. The lowest BCUT2D eigenvalue weighted by Gasteiger charge is -2.08. The molecule has 8 heteroatoms. The molecule has 1 heterocycles. The van der Waals surface area contributed by atoms with Gasteiger partial charge in [-0.05, 0) is 65.0 Å². The predicted octanol–water partition coefficient (Wildman–Crippen LogP) is 4.35. The number of nitrogens with zero attached hydrogens (tertiary/aromatic N) is 4. The standard InChI is InChI=1S/C21H16FN5OS/c22-16-11-9-15(10-12-16)21(28)23-17-5-4-8-19(13-17)29-14-20-24-25-26-27(20)18-6-2-1-3-7-18/h1-13H,14H2,(H,23,28). The van der Waals surface area contributed by atoms with Crippen molar-refractivity contribution >= 4 is 23.4 Å². The van der Waals surface area contributed by atoms with Crippen LogP contribution in [0.5, 0.6) is 0 Å². The number of nitrogens with one attached hydrogen (secondary N) is 1. The Bertz CT molecular complexity index is 1120. The molecule has 1 aromatic heterocycles. The highest BCUT2D eigenvalue weighted by atomic mass is 32.2. The van der Waals surface area contributed by atoms with Gasteiger partial charge >= 0.3 is 0 Å². The molecule has 0 radical (unpaired) electrons. The van der Waals surface area contributed by atoms with Gasteiger partial charge in [0.05, 0.1) is 11.4 Å². The van der Waals surface area contributed by atoms with Crippen LogP contribution >= 0.6 is 11.8 Å². The van der Waals surface area contributed by atoms with Crippen LogP contribution in [-0.4, -0.2) is 26.1 Å². The van der Waals surface area contributed by atoms with E-state index in [1.165, 1.54) is 24.3 Å². The SMILES string of the molecule is O=C(Nc1cccc(SCc2nnnn2-c2ccccc2)c1)c1ccc(F)cc1. The number of thioether (sulfide) groups is 1. The van der Waals surface area contributed by atoms with E-state index in [0.717, 1.165) is 16.4 Å². The molecule has 0 aliphatic rings. The van der Waals surface area contributed by atoms with Crippen molar-refractivity contribution in [2.75, 3.05) is 5.32 Å². The number of hydrogen-bond acceptors (Lipinski definition) is 5. The van der Waals surface area contributed by atoms with Gasteiger partial charge in [-0.3, -0.25) is 4.79 Å². The third-order valence-corrected chi connectivity index (χ3v) is 5.09. The van der Waals surface area contributed by atoms with E-state index in [-0.39, 0.29) is 11.7 Å². The molecule has 0 fully saturated rings. The van der Waals surface area contributed by atoms with E-state index in [2.05, 4.69) is 20.8 Å². The van der Waals surface area contributed by atoms with Crippen LogP contribution in [0.25, 0.3) is 5.69 Å². The van der Waals surface area contributed by atoms with E-state index in [1.54, 1.807) is 22.5 Å². The fraction of sp³-hybridized carbons (Fsp3) is 0.0476. The van der Waals surface area contributed by atoms with Crippen molar-refractivity contribution in [1.29, 1.82) is 0 Å². The van der Waals surface area contributed by atoms with E-state index < -0.39 is 0 Å². The number of anilines is 1. The Hall–Kier alpha value is -3.52. The smallest absolute Gasteiger partial charge is 0.255 e. The Labute approximate surface area is 170 Å². The fourth-order valence-electron chi connectivity index (χ4n) is 2.68. The molecular formula is C21H16FN5OS. The summed E-state index contributed by atoms with van der Waals surface area (Å²) in [6.07, 6.45) is 0. The van der Waals surface area contributed by atoms with Gasteiger partial charge in [0, 0.05) is 16.1 Å². The van der Waals surface area contributed by atoms with Crippen molar-refractivity contribution in [3.63, 3.8) is 0 Å². The molecule has 0 aliphatic heterocycles. The summed E-state index contributed by atoms with van der Waals surface area (Å²) in [7, 11) is 0. The van der Waals surface area contributed by atoms with Gasteiger partial charge < -0.3 is 5.32 Å². The molecule has 0 saturated carbocycles. The number of hydrogen-bond donors (Lipinski definition) is 1. The second-order valence-corrected chi connectivity index (χ2v) is 7.17. The number of carbonyl (C=O) groups is 1. The number of tetrazole rings is 1. The number of carbonyl (C=O) groups excluding carboxylic acids is 1. The van der Waals surface area contributed by atoms with Crippen LogP contribution in [0.15, 0.2) is 83.8 Å². The van der Waals surface area contributed by atoms with Crippen LogP contribution in [0.4, 0.5) is 10.1 Å². The van der Waals surface area contributed by atoms with Crippen molar-refractivity contribution in [1.82, 2.24) is 20.2 Å². The van der Waals surface area contributed by atoms with E-state index >= 15 is 0 Å². The monoisotopic (exact) mass is 405 g/mol. The topological polar surface area (TPSA) is 72.7 Å². The molecule has 0 saturated heterocycles. The van der Waals surface area contributed by atoms with Crippen LogP contribution in [0.2, 0.25) is 0 Å². The number of aromatic nitrogens is 4. The molecule has 29 heavy (non-hydrogen) atoms. The van der Waals surface area contributed by atoms with Crippen molar-refractivity contribution in [2.24, 2.45) is 0 Å². The van der Waals surface area contributed by atoms with Crippen molar-refractivity contribution in [3.05, 3.63) is 96.1 Å². The summed E-state index contributed by atoms with van der Waals surface area (Å²) in [5.41, 5.74) is 1.95. The van der Waals surface area contributed by atoms with Gasteiger partial charge in [0.15, 0.2) is 5.82 Å². The third kappa shape index (κ3) is 4.67. The largest absolute Gasteiger partial charge is 0.322 e. The van der Waals surface area contributed by atoms with Gasteiger partial charge in [0.25, 0.3) is 5.91 Å². The first-order valence-corrected chi connectivity index (χ1v) is 9.80. The minimum absolute atomic E-state index is 0.292. The minimum Gasteiger partial charge on any atom is -0.322 e. The highest BCUT2D eigenvalue weighted by molar-refractivity contribution is 7.98. The van der Waals surface area contributed by atoms with Crippen LogP contribution in [-0.2, 0) is 5.75 Å². The summed E-state index contributed by atoms with van der Waals surface area (Å²) < 4.78 is 14.7. The van der Waals surface area contributed by atoms with E-state index in [9.17, 15) is 9.18 Å². The first-order chi connectivity index (χ1) is 14.2. The summed E-state index contributed by atoms with van der Waals surface area (Å²) in [5, 5.41) is 14.8. The highest BCUT2D eigenvalue weighted by Gasteiger charge is 2.10. The number of halogens is 1. The summed E-state index contributed by atoms with van der Waals surface area (Å²) in [5.74, 6) is 0.622. The first-order valence-electron chi connectivity index (χ1n) is 8.81. The maximum absolute atomic E-state index is 13.0. The number of rotatable bonds is 6. The summed E-state index contributed by atoms with van der Waals surface area (Å²) in [6.45, 7) is 0. The molecule has 4 aromatic rings. The van der Waals surface area contributed by atoms with Crippen molar-refractivity contribution in [2.45, 2.75) is 10.6 Å². The molecule has 144 valence electrons.